The summed E-state index contributed by atoms with van der Waals surface area (Å²) >= 11 is 0. The highest BCUT2D eigenvalue weighted by molar-refractivity contribution is 5.47. The second-order valence-electron chi connectivity index (χ2n) is 5.28. The van der Waals surface area contributed by atoms with E-state index in [1.165, 1.54) is 11.3 Å². The lowest BCUT2D eigenvalue weighted by Crippen LogP contribution is -2.28. The maximum atomic E-state index is 6.30. The van der Waals surface area contributed by atoms with Gasteiger partial charge in [-0.2, -0.15) is 0 Å². The summed E-state index contributed by atoms with van der Waals surface area (Å²) in [6, 6.07) is 16.6. The Morgan fingerprint density at radius 3 is 2.19 bits per heavy atom. The second-order valence-corrected chi connectivity index (χ2v) is 5.28. The molecule has 0 fully saturated rings. The van der Waals surface area contributed by atoms with Gasteiger partial charge >= 0.3 is 0 Å². The molecule has 3 nitrogen and oxygen atoms in total. The summed E-state index contributed by atoms with van der Waals surface area (Å²) < 4.78 is 5.17. The molecule has 0 aliphatic carbocycles. The Hall–Kier alpha value is -2.00. The van der Waals surface area contributed by atoms with Crippen molar-refractivity contribution >= 4 is 5.69 Å². The summed E-state index contributed by atoms with van der Waals surface area (Å²) in [6.07, 6.45) is 1.06. The molecule has 1 atom stereocenters. The second kappa shape index (κ2) is 7.14. The molecule has 0 saturated heterocycles. The number of ether oxygens (including phenoxy) is 1. The summed E-state index contributed by atoms with van der Waals surface area (Å²) in [5.74, 6) is 0.856. The van der Waals surface area contributed by atoms with Crippen LogP contribution in [0.5, 0.6) is 5.75 Å². The topological polar surface area (TPSA) is 38.5 Å². The molecule has 0 aliphatic heterocycles. The van der Waals surface area contributed by atoms with Gasteiger partial charge in [-0.25, -0.2) is 0 Å². The quantitative estimate of drug-likeness (QED) is 0.883. The molecule has 2 N–H and O–H groups in total. The van der Waals surface area contributed by atoms with Gasteiger partial charge in [-0.05, 0) is 41.8 Å². The normalized spacial score (nSPS) is 12.0. The van der Waals surface area contributed by atoms with E-state index in [-0.39, 0.29) is 6.04 Å². The minimum atomic E-state index is -0.0215. The average molecular weight is 284 g/mol. The van der Waals surface area contributed by atoms with Crippen molar-refractivity contribution in [2.45, 2.75) is 19.4 Å². The predicted molar refractivity (Wildman–Crippen MR) is 89.0 cm³/mol. The van der Waals surface area contributed by atoms with Crippen molar-refractivity contribution in [2.75, 3.05) is 25.6 Å². The Labute approximate surface area is 127 Å². The molecule has 0 heterocycles. The number of benzene rings is 2. The van der Waals surface area contributed by atoms with Crippen molar-refractivity contribution in [3.63, 3.8) is 0 Å². The minimum Gasteiger partial charge on any atom is -0.497 e. The molecular weight excluding hydrogens is 260 g/mol. The first kappa shape index (κ1) is 15.4. The predicted octanol–water partition coefficient (Wildman–Crippen LogP) is 3.39. The monoisotopic (exact) mass is 284 g/mol. The number of hydrogen-bond acceptors (Lipinski definition) is 3. The van der Waals surface area contributed by atoms with Gasteiger partial charge in [-0.1, -0.05) is 31.2 Å². The first-order chi connectivity index (χ1) is 10.1. The van der Waals surface area contributed by atoms with Gasteiger partial charge in [0.1, 0.15) is 5.75 Å². The van der Waals surface area contributed by atoms with Gasteiger partial charge in [-0.15, -0.1) is 0 Å². The summed E-state index contributed by atoms with van der Waals surface area (Å²) in [4.78, 5) is 2.19. The number of nitrogens with two attached hydrogens (primary N) is 1. The van der Waals surface area contributed by atoms with E-state index in [0.717, 1.165) is 24.3 Å². The summed E-state index contributed by atoms with van der Waals surface area (Å²) in [5, 5.41) is 0. The van der Waals surface area contributed by atoms with Crippen molar-refractivity contribution in [1.29, 1.82) is 0 Å². The standard InChI is InChI=1S/C18H24N2O/c1-4-14-5-9-16(10-6-14)20(2)13-18(19)15-7-11-17(21-3)12-8-15/h5-12,18H,4,13,19H2,1-3H3. The first-order valence-corrected chi connectivity index (χ1v) is 7.33. The lowest BCUT2D eigenvalue weighted by atomic mass is 10.1. The summed E-state index contributed by atoms with van der Waals surface area (Å²) in [7, 11) is 3.74. The third kappa shape index (κ3) is 3.99. The van der Waals surface area contributed by atoms with E-state index in [9.17, 15) is 0 Å². The largest absolute Gasteiger partial charge is 0.497 e. The first-order valence-electron chi connectivity index (χ1n) is 7.33. The maximum absolute atomic E-state index is 6.30. The van der Waals surface area contributed by atoms with Crippen LogP contribution in [-0.2, 0) is 6.42 Å². The molecular formula is C18H24N2O. The maximum Gasteiger partial charge on any atom is 0.118 e. The van der Waals surface area contributed by atoms with E-state index in [1.807, 2.05) is 24.3 Å². The summed E-state index contributed by atoms with van der Waals surface area (Å²) in [6.45, 7) is 2.94. The van der Waals surface area contributed by atoms with Crippen LogP contribution in [0, 0.1) is 0 Å². The molecule has 0 spiro atoms. The fourth-order valence-corrected chi connectivity index (χ4v) is 2.34. The highest BCUT2D eigenvalue weighted by Gasteiger charge is 2.10. The van der Waals surface area contributed by atoms with Crippen LogP contribution in [0.2, 0.25) is 0 Å². The zero-order valence-electron chi connectivity index (χ0n) is 13.0. The third-order valence-corrected chi connectivity index (χ3v) is 3.80. The number of aryl methyl sites for hydroxylation is 1. The van der Waals surface area contributed by atoms with Crippen LogP contribution in [0.4, 0.5) is 5.69 Å². The molecule has 0 radical (unpaired) electrons. The Balaban J connectivity index is 2.01. The van der Waals surface area contributed by atoms with Crippen LogP contribution < -0.4 is 15.4 Å². The molecule has 112 valence electrons. The van der Waals surface area contributed by atoms with Crippen LogP contribution in [0.25, 0.3) is 0 Å². The lowest BCUT2D eigenvalue weighted by molar-refractivity contribution is 0.414. The van der Waals surface area contributed by atoms with Gasteiger partial charge < -0.3 is 15.4 Å². The van der Waals surface area contributed by atoms with Crippen LogP contribution in [0.15, 0.2) is 48.5 Å². The van der Waals surface area contributed by atoms with Gasteiger partial charge in [0.2, 0.25) is 0 Å². The number of methoxy groups -OCH3 is 1. The van der Waals surface area contributed by atoms with Crippen molar-refractivity contribution in [1.82, 2.24) is 0 Å². The number of anilines is 1. The molecule has 0 aromatic heterocycles. The zero-order valence-corrected chi connectivity index (χ0v) is 13.0. The Morgan fingerprint density at radius 1 is 1.05 bits per heavy atom. The number of hydrogen-bond donors (Lipinski definition) is 1. The third-order valence-electron chi connectivity index (χ3n) is 3.80. The Bertz CT molecular complexity index is 497. The number of likely N-dealkylation sites (N-methyl/N-ethyl adjacent to an activating group) is 1. The lowest BCUT2D eigenvalue weighted by Gasteiger charge is -2.24. The van der Waals surface area contributed by atoms with Crippen LogP contribution >= 0.6 is 0 Å². The van der Waals surface area contributed by atoms with Gasteiger partial charge in [0.15, 0.2) is 0 Å². The van der Waals surface area contributed by atoms with Crippen molar-refractivity contribution in [3.8, 4) is 5.75 Å². The molecule has 0 amide bonds. The highest BCUT2D eigenvalue weighted by Crippen LogP contribution is 2.20. The van der Waals surface area contributed by atoms with E-state index in [1.54, 1.807) is 7.11 Å². The SMILES string of the molecule is CCc1ccc(N(C)CC(N)c2ccc(OC)cc2)cc1. The molecule has 2 aromatic carbocycles. The van der Waals surface area contributed by atoms with Crippen LogP contribution in [0.1, 0.15) is 24.1 Å². The van der Waals surface area contributed by atoms with Gasteiger partial charge in [0.05, 0.1) is 7.11 Å². The fraction of sp³-hybridized carbons (Fsp3) is 0.333. The van der Waals surface area contributed by atoms with E-state index in [2.05, 4.69) is 43.1 Å². The molecule has 1 unspecified atom stereocenters. The molecule has 0 aliphatic rings. The average Bonchev–Trinajstić information content (AvgIpc) is 2.55. The van der Waals surface area contributed by atoms with E-state index in [4.69, 9.17) is 10.5 Å². The molecule has 21 heavy (non-hydrogen) atoms. The number of rotatable bonds is 6. The van der Waals surface area contributed by atoms with Gasteiger partial charge in [0.25, 0.3) is 0 Å². The fourth-order valence-electron chi connectivity index (χ4n) is 2.34. The molecule has 2 aromatic rings. The van der Waals surface area contributed by atoms with Crippen molar-refractivity contribution < 1.29 is 4.74 Å². The minimum absolute atomic E-state index is 0.0215. The van der Waals surface area contributed by atoms with Crippen molar-refractivity contribution in [3.05, 3.63) is 59.7 Å². The van der Waals surface area contributed by atoms with Crippen LogP contribution in [0.3, 0.4) is 0 Å². The van der Waals surface area contributed by atoms with E-state index in [0.29, 0.717) is 0 Å². The molecule has 3 heteroatoms. The van der Waals surface area contributed by atoms with Gasteiger partial charge in [0, 0.05) is 25.3 Å². The molecule has 0 saturated carbocycles. The smallest absolute Gasteiger partial charge is 0.118 e. The van der Waals surface area contributed by atoms with E-state index >= 15 is 0 Å². The number of nitrogens with zero attached hydrogens (tertiary/aromatic N) is 1. The highest BCUT2D eigenvalue weighted by atomic mass is 16.5. The van der Waals surface area contributed by atoms with E-state index < -0.39 is 0 Å². The summed E-state index contributed by atoms with van der Waals surface area (Å²) in [5.41, 5.74) is 9.96. The van der Waals surface area contributed by atoms with Crippen molar-refractivity contribution in [2.24, 2.45) is 5.73 Å². The Morgan fingerprint density at radius 2 is 1.67 bits per heavy atom. The zero-order chi connectivity index (χ0) is 15.2. The Kier molecular flexibility index (Phi) is 5.23. The van der Waals surface area contributed by atoms with Gasteiger partial charge in [-0.3, -0.25) is 0 Å². The van der Waals surface area contributed by atoms with Crippen LogP contribution in [-0.4, -0.2) is 20.7 Å². The molecule has 2 rings (SSSR count). The molecule has 0 bridgehead atoms.